The number of nitrogens with one attached hydrogen (secondary N) is 1. The number of thiazole rings is 1. The molecule has 0 radical (unpaired) electrons. The number of hydrogen-bond acceptors (Lipinski definition) is 6. The molecular formula is C20H19F3N4O2S. The smallest absolute Gasteiger partial charge is 0.361 e. The number of aromatic nitrogens is 2. The Morgan fingerprint density at radius 3 is 2.77 bits per heavy atom. The molecule has 10 heteroatoms. The van der Waals surface area contributed by atoms with Crippen LogP contribution in [0.5, 0.6) is 0 Å². The van der Waals surface area contributed by atoms with Gasteiger partial charge in [-0.2, -0.15) is 13.2 Å². The SMILES string of the molecule is Cc1cc(CN2CCC[C@H]2c2csc(NC(=O)c3ccc(C(F)(F)F)cc3)n2)no1. The van der Waals surface area contributed by atoms with E-state index in [0.29, 0.717) is 11.7 Å². The molecule has 3 heterocycles. The van der Waals surface area contributed by atoms with Crippen LogP contribution in [0, 0.1) is 6.92 Å². The molecule has 0 bridgehead atoms. The number of alkyl halides is 3. The summed E-state index contributed by atoms with van der Waals surface area (Å²) in [7, 11) is 0. The van der Waals surface area contributed by atoms with E-state index in [9.17, 15) is 18.0 Å². The van der Waals surface area contributed by atoms with E-state index in [1.807, 2.05) is 18.4 Å². The van der Waals surface area contributed by atoms with Crippen LogP contribution in [0.4, 0.5) is 18.3 Å². The van der Waals surface area contributed by atoms with E-state index in [0.717, 1.165) is 60.8 Å². The molecule has 0 unspecified atom stereocenters. The van der Waals surface area contributed by atoms with Gasteiger partial charge >= 0.3 is 6.18 Å². The van der Waals surface area contributed by atoms with E-state index < -0.39 is 17.6 Å². The Labute approximate surface area is 174 Å². The van der Waals surface area contributed by atoms with Gasteiger partial charge in [0.25, 0.3) is 5.91 Å². The average molecular weight is 436 g/mol. The molecule has 2 aromatic heterocycles. The minimum atomic E-state index is -4.43. The van der Waals surface area contributed by atoms with Gasteiger partial charge in [-0.1, -0.05) is 5.16 Å². The Morgan fingerprint density at radius 1 is 1.33 bits per heavy atom. The predicted molar refractivity (Wildman–Crippen MR) is 105 cm³/mol. The van der Waals surface area contributed by atoms with Gasteiger partial charge in [-0.25, -0.2) is 4.98 Å². The van der Waals surface area contributed by atoms with Crippen molar-refractivity contribution in [2.45, 2.75) is 38.5 Å². The molecule has 30 heavy (non-hydrogen) atoms. The topological polar surface area (TPSA) is 71.3 Å². The molecule has 1 saturated heterocycles. The Balaban J connectivity index is 1.41. The van der Waals surface area contributed by atoms with Crippen LogP contribution in [0.3, 0.4) is 0 Å². The summed E-state index contributed by atoms with van der Waals surface area (Å²) in [6.07, 6.45) is -2.45. The highest BCUT2D eigenvalue weighted by Crippen LogP contribution is 2.35. The zero-order valence-corrected chi connectivity index (χ0v) is 16.9. The van der Waals surface area contributed by atoms with Gasteiger partial charge in [0.1, 0.15) is 5.76 Å². The van der Waals surface area contributed by atoms with Crippen LogP contribution in [-0.4, -0.2) is 27.5 Å². The van der Waals surface area contributed by atoms with Gasteiger partial charge in [0.05, 0.1) is 23.0 Å². The first kappa shape index (κ1) is 20.5. The monoisotopic (exact) mass is 436 g/mol. The molecule has 4 rings (SSSR count). The maximum absolute atomic E-state index is 12.7. The fraction of sp³-hybridized carbons (Fsp3) is 0.350. The summed E-state index contributed by atoms with van der Waals surface area (Å²) in [4.78, 5) is 19.2. The van der Waals surface area contributed by atoms with Crippen molar-refractivity contribution in [3.63, 3.8) is 0 Å². The van der Waals surface area contributed by atoms with Crippen molar-refractivity contribution < 1.29 is 22.5 Å². The molecule has 0 spiro atoms. The van der Waals surface area contributed by atoms with Crippen LogP contribution in [0.1, 0.15) is 52.0 Å². The number of rotatable bonds is 5. The van der Waals surface area contributed by atoms with Gasteiger partial charge in [-0.05, 0) is 50.6 Å². The van der Waals surface area contributed by atoms with Gasteiger partial charge < -0.3 is 4.52 Å². The molecule has 0 saturated carbocycles. The zero-order valence-electron chi connectivity index (χ0n) is 16.1. The maximum Gasteiger partial charge on any atom is 0.416 e. The van der Waals surface area contributed by atoms with E-state index in [1.54, 1.807) is 0 Å². The van der Waals surface area contributed by atoms with E-state index in [-0.39, 0.29) is 11.6 Å². The van der Waals surface area contributed by atoms with Gasteiger partial charge in [-0.3, -0.25) is 15.0 Å². The molecule has 1 aliphatic rings. The standard InChI is InChI=1S/C20H19F3N4O2S/c1-12-9-15(26-29-12)10-27-8-2-3-17(27)16-11-30-19(24-16)25-18(28)13-4-6-14(7-5-13)20(21,22)23/h4-7,9,11,17H,2-3,8,10H2,1H3,(H,24,25,28)/t17-/m0/s1. The molecule has 1 N–H and O–H groups in total. The lowest BCUT2D eigenvalue weighted by molar-refractivity contribution is -0.137. The maximum atomic E-state index is 12.7. The summed E-state index contributed by atoms with van der Waals surface area (Å²) in [5.74, 6) is 0.272. The second-order valence-corrected chi connectivity index (χ2v) is 8.02. The lowest BCUT2D eigenvalue weighted by Gasteiger charge is -2.21. The Bertz CT molecular complexity index is 1030. The number of amides is 1. The number of carbonyl (C=O) groups is 1. The van der Waals surface area contributed by atoms with Gasteiger partial charge in [0.15, 0.2) is 5.13 Å². The average Bonchev–Trinajstić information content (AvgIpc) is 3.43. The predicted octanol–water partition coefficient (Wildman–Crippen LogP) is 5.05. The molecule has 0 aliphatic carbocycles. The lowest BCUT2D eigenvalue weighted by atomic mass is 10.1. The van der Waals surface area contributed by atoms with Crippen molar-refractivity contribution in [2.75, 3.05) is 11.9 Å². The summed E-state index contributed by atoms with van der Waals surface area (Å²) < 4.78 is 43.1. The minimum absolute atomic E-state index is 0.120. The highest BCUT2D eigenvalue weighted by atomic mass is 32.1. The normalized spacial score (nSPS) is 17.4. The molecule has 1 amide bonds. The van der Waals surface area contributed by atoms with E-state index in [4.69, 9.17) is 4.52 Å². The first-order valence-electron chi connectivity index (χ1n) is 9.40. The fourth-order valence-electron chi connectivity index (χ4n) is 3.53. The van der Waals surface area contributed by atoms with Crippen molar-refractivity contribution in [3.05, 3.63) is 64.0 Å². The molecule has 1 aromatic carbocycles. The number of aryl methyl sites for hydroxylation is 1. The zero-order chi connectivity index (χ0) is 21.3. The molecule has 1 atom stereocenters. The highest BCUT2D eigenvalue weighted by Gasteiger charge is 2.31. The third kappa shape index (κ3) is 4.54. The van der Waals surface area contributed by atoms with Crippen molar-refractivity contribution >= 4 is 22.4 Å². The van der Waals surface area contributed by atoms with Crippen LogP contribution < -0.4 is 5.32 Å². The van der Waals surface area contributed by atoms with Crippen molar-refractivity contribution in [1.29, 1.82) is 0 Å². The first-order chi connectivity index (χ1) is 14.3. The van der Waals surface area contributed by atoms with Crippen molar-refractivity contribution in [3.8, 4) is 0 Å². The fourth-order valence-corrected chi connectivity index (χ4v) is 4.28. The van der Waals surface area contributed by atoms with Gasteiger partial charge in [-0.15, -0.1) is 11.3 Å². The molecule has 158 valence electrons. The van der Waals surface area contributed by atoms with Crippen LogP contribution in [0.25, 0.3) is 0 Å². The van der Waals surface area contributed by atoms with E-state index in [1.165, 1.54) is 11.3 Å². The van der Waals surface area contributed by atoms with Crippen LogP contribution in [0.15, 0.2) is 40.2 Å². The molecular weight excluding hydrogens is 417 g/mol. The highest BCUT2D eigenvalue weighted by molar-refractivity contribution is 7.14. The quantitative estimate of drug-likeness (QED) is 0.606. The van der Waals surface area contributed by atoms with Crippen LogP contribution in [-0.2, 0) is 12.7 Å². The van der Waals surface area contributed by atoms with E-state index in [2.05, 4.69) is 20.4 Å². The molecule has 1 aliphatic heterocycles. The van der Waals surface area contributed by atoms with Crippen LogP contribution >= 0.6 is 11.3 Å². The van der Waals surface area contributed by atoms with Crippen molar-refractivity contribution in [1.82, 2.24) is 15.0 Å². The number of anilines is 1. The summed E-state index contributed by atoms with van der Waals surface area (Å²) >= 11 is 1.30. The molecule has 1 fully saturated rings. The summed E-state index contributed by atoms with van der Waals surface area (Å²) in [5, 5.41) is 9.03. The second-order valence-electron chi connectivity index (χ2n) is 7.16. The Hall–Kier alpha value is -2.72. The third-order valence-corrected chi connectivity index (χ3v) is 5.74. The number of nitrogens with zero attached hydrogens (tertiary/aromatic N) is 3. The minimum Gasteiger partial charge on any atom is -0.361 e. The number of likely N-dealkylation sites (tertiary alicyclic amines) is 1. The lowest BCUT2D eigenvalue weighted by Crippen LogP contribution is -2.23. The van der Waals surface area contributed by atoms with Gasteiger partial charge in [0.2, 0.25) is 0 Å². The van der Waals surface area contributed by atoms with Gasteiger partial charge in [0, 0.05) is 23.6 Å². The number of hydrogen-bond donors (Lipinski definition) is 1. The summed E-state index contributed by atoms with van der Waals surface area (Å²) in [6.45, 7) is 3.43. The second kappa shape index (κ2) is 8.19. The summed E-state index contributed by atoms with van der Waals surface area (Å²) in [6, 6.07) is 6.13. The Kier molecular flexibility index (Phi) is 5.61. The molecule has 6 nitrogen and oxygen atoms in total. The van der Waals surface area contributed by atoms with Crippen LogP contribution in [0.2, 0.25) is 0 Å². The largest absolute Gasteiger partial charge is 0.416 e. The molecule has 3 aromatic rings. The summed E-state index contributed by atoms with van der Waals surface area (Å²) in [5.41, 5.74) is 1.08. The number of carbonyl (C=O) groups excluding carboxylic acids is 1. The Morgan fingerprint density at radius 2 is 2.10 bits per heavy atom. The third-order valence-electron chi connectivity index (χ3n) is 4.96. The first-order valence-corrected chi connectivity index (χ1v) is 10.3. The number of benzene rings is 1. The van der Waals surface area contributed by atoms with E-state index >= 15 is 0 Å². The van der Waals surface area contributed by atoms with Crippen molar-refractivity contribution in [2.24, 2.45) is 0 Å². The number of halogens is 3.